The summed E-state index contributed by atoms with van der Waals surface area (Å²) in [5.74, 6) is -1.59. The van der Waals surface area contributed by atoms with Gasteiger partial charge < -0.3 is 14.9 Å². The Bertz CT molecular complexity index is 726. The molecule has 0 heterocycles. The van der Waals surface area contributed by atoms with Crippen LogP contribution in [0.4, 0.5) is 5.69 Å². The van der Waals surface area contributed by atoms with Crippen LogP contribution in [0.1, 0.15) is 15.9 Å². The highest BCUT2D eigenvalue weighted by molar-refractivity contribution is 5.88. The first-order valence-electron chi connectivity index (χ1n) is 6.62. The number of ether oxygens (including phenoxy) is 1. The number of nitrogens with zero attached hydrogens (tertiary/aromatic N) is 1. The lowest BCUT2D eigenvalue weighted by Gasteiger charge is -2.03. The van der Waals surface area contributed by atoms with Gasteiger partial charge in [-0.05, 0) is 48.0 Å². The van der Waals surface area contributed by atoms with E-state index in [0.29, 0.717) is 11.4 Å². The molecule has 0 aromatic heterocycles. The van der Waals surface area contributed by atoms with Crippen molar-refractivity contribution in [3.05, 3.63) is 59.7 Å². The van der Waals surface area contributed by atoms with Crippen molar-refractivity contribution in [1.29, 1.82) is 0 Å². The van der Waals surface area contributed by atoms with Crippen LogP contribution in [0.15, 0.2) is 53.6 Å². The summed E-state index contributed by atoms with van der Waals surface area (Å²) in [7, 11) is 0. The molecule has 7 nitrogen and oxygen atoms in total. The van der Waals surface area contributed by atoms with Crippen LogP contribution in [-0.4, -0.2) is 35.0 Å². The van der Waals surface area contributed by atoms with Gasteiger partial charge in [0.25, 0.3) is 0 Å². The second kappa shape index (κ2) is 7.60. The smallest absolute Gasteiger partial charge is 0.341 e. The number of anilines is 1. The van der Waals surface area contributed by atoms with Gasteiger partial charge in [-0.25, -0.2) is 9.59 Å². The zero-order valence-electron chi connectivity index (χ0n) is 12.0. The molecule has 0 aliphatic heterocycles. The van der Waals surface area contributed by atoms with Gasteiger partial charge in [-0.15, -0.1) is 0 Å². The molecule has 2 aromatic carbocycles. The second-order valence-electron chi connectivity index (χ2n) is 4.51. The van der Waals surface area contributed by atoms with Gasteiger partial charge in [0.15, 0.2) is 6.61 Å². The molecule has 0 unspecified atom stereocenters. The van der Waals surface area contributed by atoms with Crippen LogP contribution in [0.3, 0.4) is 0 Å². The highest BCUT2D eigenvalue weighted by Crippen LogP contribution is 2.12. The molecule has 3 N–H and O–H groups in total. The minimum absolute atomic E-state index is 0.171. The van der Waals surface area contributed by atoms with Gasteiger partial charge in [0.2, 0.25) is 0 Å². The Morgan fingerprint density at radius 1 is 1.13 bits per heavy atom. The fourth-order valence-corrected chi connectivity index (χ4v) is 1.70. The van der Waals surface area contributed by atoms with E-state index in [0.717, 1.165) is 5.56 Å². The van der Waals surface area contributed by atoms with Crippen LogP contribution in [-0.2, 0) is 4.79 Å². The number of benzene rings is 2. The van der Waals surface area contributed by atoms with Gasteiger partial charge in [-0.1, -0.05) is 6.07 Å². The monoisotopic (exact) mass is 314 g/mol. The summed E-state index contributed by atoms with van der Waals surface area (Å²) in [6.07, 6.45) is 1.55. The van der Waals surface area contributed by atoms with E-state index >= 15 is 0 Å². The lowest BCUT2D eigenvalue weighted by molar-refractivity contribution is -0.139. The molecule has 2 aromatic rings. The molecular formula is C16H14N2O5. The van der Waals surface area contributed by atoms with Gasteiger partial charge in [0.1, 0.15) is 5.75 Å². The molecule has 118 valence electrons. The molecule has 0 fully saturated rings. The van der Waals surface area contributed by atoms with Gasteiger partial charge in [0.05, 0.1) is 17.5 Å². The molecule has 0 saturated carbocycles. The quantitative estimate of drug-likeness (QED) is 0.534. The van der Waals surface area contributed by atoms with E-state index in [1.165, 1.54) is 12.1 Å². The van der Waals surface area contributed by atoms with Crippen molar-refractivity contribution < 1.29 is 24.5 Å². The van der Waals surface area contributed by atoms with Crippen molar-refractivity contribution in [3.63, 3.8) is 0 Å². The van der Waals surface area contributed by atoms with Crippen LogP contribution in [0.2, 0.25) is 0 Å². The molecular weight excluding hydrogens is 300 g/mol. The number of aromatic carboxylic acids is 1. The first-order chi connectivity index (χ1) is 11.0. The molecule has 0 spiro atoms. The Labute approximate surface area is 131 Å². The van der Waals surface area contributed by atoms with Crippen molar-refractivity contribution in [2.45, 2.75) is 0 Å². The van der Waals surface area contributed by atoms with E-state index in [4.69, 9.17) is 14.9 Å². The fourth-order valence-electron chi connectivity index (χ4n) is 1.70. The summed E-state index contributed by atoms with van der Waals surface area (Å²) in [6, 6.07) is 13.0. The van der Waals surface area contributed by atoms with Gasteiger partial charge in [-0.2, -0.15) is 5.10 Å². The maximum atomic E-state index is 10.9. The summed E-state index contributed by atoms with van der Waals surface area (Å²) < 4.78 is 5.02. The van der Waals surface area contributed by atoms with Crippen molar-refractivity contribution in [3.8, 4) is 5.75 Å². The zero-order valence-corrected chi connectivity index (χ0v) is 12.0. The maximum absolute atomic E-state index is 10.9. The van der Waals surface area contributed by atoms with E-state index in [2.05, 4.69) is 10.5 Å². The van der Waals surface area contributed by atoms with Gasteiger partial charge in [-0.3, -0.25) is 5.43 Å². The average Bonchev–Trinajstić information content (AvgIpc) is 2.54. The number of aliphatic carboxylic acids is 1. The molecule has 0 atom stereocenters. The topological polar surface area (TPSA) is 108 Å². The minimum atomic E-state index is -1.04. The summed E-state index contributed by atoms with van der Waals surface area (Å²) in [6.45, 7) is -0.394. The van der Waals surface area contributed by atoms with Crippen molar-refractivity contribution in [2.24, 2.45) is 5.10 Å². The molecule has 0 bridgehead atoms. The second-order valence-corrected chi connectivity index (χ2v) is 4.51. The molecule has 0 radical (unpaired) electrons. The highest BCUT2D eigenvalue weighted by Gasteiger charge is 2.02. The largest absolute Gasteiger partial charge is 0.482 e. The number of carbonyl (C=O) groups is 2. The number of carboxylic acids is 2. The molecule has 0 aliphatic carbocycles. The number of hydrazone groups is 1. The van der Waals surface area contributed by atoms with E-state index in [1.807, 2.05) is 0 Å². The first kappa shape index (κ1) is 16.0. The van der Waals surface area contributed by atoms with Crippen LogP contribution >= 0.6 is 0 Å². The third-order valence-corrected chi connectivity index (χ3v) is 2.76. The summed E-state index contributed by atoms with van der Waals surface area (Å²) in [5.41, 5.74) is 4.24. The third kappa shape index (κ3) is 5.16. The third-order valence-electron chi connectivity index (χ3n) is 2.76. The Kier molecular flexibility index (Phi) is 5.30. The predicted molar refractivity (Wildman–Crippen MR) is 84.2 cm³/mol. The van der Waals surface area contributed by atoms with Crippen LogP contribution in [0.5, 0.6) is 5.75 Å². The van der Waals surface area contributed by atoms with Crippen LogP contribution in [0, 0.1) is 0 Å². The SMILES string of the molecule is O=C(O)COc1ccc(/C=N\Nc2cccc(C(=O)O)c2)cc1. The molecule has 0 aliphatic rings. The van der Waals surface area contributed by atoms with E-state index in [-0.39, 0.29) is 5.56 Å². The molecule has 23 heavy (non-hydrogen) atoms. The lowest BCUT2D eigenvalue weighted by atomic mass is 10.2. The summed E-state index contributed by atoms with van der Waals surface area (Å²) >= 11 is 0. The molecule has 2 rings (SSSR count). The minimum Gasteiger partial charge on any atom is -0.482 e. The van der Waals surface area contributed by atoms with Gasteiger partial charge >= 0.3 is 11.9 Å². The summed E-state index contributed by atoms with van der Waals surface area (Å²) in [4.78, 5) is 21.3. The number of hydrogen-bond donors (Lipinski definition) is 3. The Hall–Kier alpha value is -3.35. The normalized spacial score (nSPS) is 10.4. The lowest BCUT2D eigenvalue weighted by Crippen LogP contribution is -2.09. The van der Waals surface area contributed by atoms with Crippen molar-refractivity contribution in [1.82, 2.24) is 0 Å². The number of nitrogens with one attached hydrogen (secondary N) is 1. The number of hydrogen-bond acceptors (Lipinski definition) is 5. The summed E-state index contributed by atoms with van der Waals surface area (Å²) in [5, 5.41) is 21.4. The molecule has 0 saturated heterocycles. The molecule has 0 amide bonds. The van der Waals surface area contributed by atoms with E-state index < -0.39 is 18.5 Å². The first-order valence-corrected chi connectivity index (χ1v) is 6.62. The van der Waals surface area contributed by atoms with E-state index in [1.54, 1.807) is 42.6 Å². The molecule has 7 heteroatoms. The Morgan fingerprint density at radius 3 is 2.52 bits per heavy atom. The highest BCUT2D eigenvalue weighted by atomic mass is 16.5. The number of rotatable bonds is 7. The Morgan fingerprint density at radius 2 is 1.87 bits per heavy atom. The fraction of sp³-hybridized carbons (Fsp3) is 0.0625. The predicted octanol–water partition coefficient (Wildman–Crippen LogP) is 2.29. The van der Waals surface area contributed by atoms with Crippen LogP contribution < -0.4 is 10.2 Å². The number of carboxylic acid groups (broad SMARTS) is 2. The van der Waals surface area contributed by atoms with E-state index in [9.17, 15) is 9.59 Å². The van der Waals surface area contributed by atoms with Gasteiger partial charge in [0, 0.05) is 0 Å². The van der Waals surface area contributed by atoms with Crippen LogP contribution in [0.25, 0.3) is 0 Å². The Balaban J connectivity index is 1.94. The maximum Gasteiger partial charge on any atom is 0.341 e. The van der Waals surface area contributed by atoms with Crippen molar-refractivity contribution in [2.75, 3.05) is 12.0 Å². The average molecular weight is 314 g/mol. The standard InChI is InChI=1S/C16H14N2O5/c19-15(20)10-23-14-6-4-11(5-7-14)9-17-18-13-3-1-2-12(8-13)16(21)22/h1-9,18H,10H2,(H,19,20)(H,21,22)/b17-9-. The zero-order chi connectivity index (χ0) is 16.7. The van der Waals surface area contributed by atoms with Crippen molar-refractivity contribution >= 4 is 23.8 Å².